The van der Waals surface area contributed by atoms with E-state index in [2.05, 4.69) is 42.4 Å². The highest BCUT2D eigenvalue weighted by Crippen LogP contribution is 2.68. The fourth-order valence-electron chi connectivity index (χ4n) is 8.93. The van der Waals surface area contributed by atoms with Crippen LogP contribution < -0.4 is 10.0 Å². The summed E-state index contributed by atoms with van der Waals surface area (Å²) in [5.41, 5.74) is -0.880. The van der Waals surface area contributed by atoms with Gasteiger partial charge in [0.25, 0.3) is 15.9 Å². The molecule has 0 aliphatic heterocycles. The first-order chi connectivity index (χ1) is 24.1. The minimum absolute atomic E-state index is 0.00941. The minimum atomic E-state index is -3.83. The molecule has 0 unspecified atom stereocenters. The second kappa shape index (κ2) is 14.1. The summed E-state index contributed by atoms with van der Waals surface area (Å²) in [6.45, 7) is 12.4. The first-order valence-electron chi connectivity index (χ1n) is 17.2. The predicted octanol–water partition coefficient (Wildman–Crippen LogP) is 7.19. The number of hydrogen-bond acceptors (Lipinski definition) is 10. The van der Waals surface area contributed by atoms with Crippen LogP contribution in [0.1, 0.15) is 70.2 Å². The molecule has 3 fully saturated rings. The number of Topliss-reactive ketones (excluding diaryl/α,β-unsaturated/α-hetero) is 1. The van der Waals surface area contributed by atoms with Crippen LogP contribution in [0, 0.1) is 34.0 Å². The van der Waals surface area contributed by atoms with Crippen LogP contribution in [0.5, 0.6) is 0 Å². The summed E-state index contributed by atoms with van der Waals surface area (Å²) in [7, 11) is -3.83. The molecule has 1 aromatic heterocycles. The molecule has 0 spiro atoms. The van der Waals surface area contributed by atoms with Crippen LogP contribution in [0.3, 0.4) is 0 Å². The number of ether oxygens (including phenoxy) is 1. The van der Waals surface area contributed by atoms with Crippen LogP contribution in [0.15, 0.2) is 82.6 Å². The van der Waals surface area contributed by atoms with Crippen LogP contribution in [-0.4, -0.2) is 54.1 Å². The molecule has 10 nitrogen and oxygen atoms in total. The Hall–Kier alpha value is -3.52. The molecule has 8 atom stereocenters. The predicted molar refractivity (Wildman–Crippen MR) is 199 cm³/mol. The molecule has 0 saturated heterocycles. The van der Waals surface area contributed by atoms with Gasteiger partial charge in [-0.15, -0.1) is 29.7 Å². The molecule has 2 bridgehead atoms. The van der Waals surface area contributed by atoms with Crippen LogP contribution in [0.4, 0.5) is 10.8 Å². The number of carbonyl (C=O) groups is 3. The van der Waals surface area contributed by atoms with E-state index in [1.807, 2.05) is 13.0 Å². The Kier molecular flexibility index (Phi) is 10.3. The molecule has 1 amide bonds. The van der Waals surface area contributed by atoms with E-state index < -0.39 is 44.9 Å². The lowest BCUT2D eigenvalue weighted by atomic mass is 9.44. The zero-order valence-electron chi connectivity index (χ0n) is 29.3. The number of amides is 1. The highest BCUT2D eigenvalue weighted by atomic mass is 32.2. The van der Waals surface area contributed by atoms with Gasteiger partial charge in [0, 0.05) is 50.9 Å². The van der Waals surface area contributed by atoms with Crippen molar-refractivity contribution in [2.75, 3.05) is 15.8 Å². The van der Waals surface area contributed by atoms with E-state index in [1.165, 1.54) is 53.6 Å². The fraction of sp³-hybridized carbons (Fsp3) is 0.474. The van der Waals surface area contributed by atoms with Gasteiger partial charge in [0.15, 0.2) is 5.13 Å². The van der Waals surface area contributed by atoms with E-state index in [4.69, 9.17) is 4.74 Å². The number of anilines is 2. The maximum atomic E-state index is 13.7. The van der Waals surface area contributed by atoms with Gasteiger partial charge in [0.2, 0.25) is 0 Å². The average molecular weight is 752 g/mol. The van der Waals surface area contributed by atoms with Crippen LogP contribution >= 0.6 is 23.1 Å². The van der Waals surface area contributed by atoms with Crippen molar-refractivity contribution in [2.24, 2.45) is 34.0 Å². The Morgan fingerprint density at radius 3 is 2.59 bits per heavy atom. The molecule has 272 valence electrons. The van der Waals surface area contributed by atoms with E-state index in [1.54, 1.807) is 29.7 Å². The SMILES string of the molecule is C=C[C@]1(C)C[C@@H](OC(=O)CSc2cccc(C(=O)Nc3ccc(S(=O)(=O)Nc4nccs4)cc3)c2)[C@]2(C)[C@H](C)CC[C@]3(CCC(=O)[C@H]32)[C@@H](C)[C@@H]1O. The van der Waals surface area contributed by atoms with Gasteiger partial charge in [-0.3, -0.25) is 19.1 Å². The van der Waals surface area contributed by atoms with Crippen LogP contribution in [0.25, 0.3) is 0 Å². The number of rotatable bonds is 10. The van der Waals surface area contributed by atoms with E-state index in [-0.39, 0.29) is 44.7 Å². The molecular formula is C38H45N3O7S3. The van der Waals surface area contributed by atoms with Crippen molar-refractivity contribution in [1.29, 1.82) is 0 Å². The number of benzene rings is 2. The lowest BCUT2D eigenvalue weighted by molar-refractivity contribution is -0.205. The smallest absolute Gasteiger partial charge is 0.316 e. The minimum Gasteiger partial charge on any atom is -0.461 e. The maximum Gasteiger partial charge on any atom is 0.316 e. The summed E-state index contributed by atoms with van der Waals surface area (Å²) >= 11 is 2.42. The normalized spacial score (nSPS) is 31.9. The lowest BCUT2D eigenvalue weighted by Crippen LogP contribution is -2.63. The van der Waals surface area contributed by atoms with E-state index >= 15 is 0 Å². The number of sulfonamides is 1. The molecule has 13 heteroatoms. The number of nitrogens with one attached hydrogen (secondary N) is 2. The number of aliphatic hydroxyl groups excluding tert-OH is 1. The first kappa shape index (κ1) is 37.2. The Bertz CT molecular complexity index is 1920. The molecule has 3 aliphatic rings. The second-order valence-electron chi connectivity index (χ2n) is 14.8. The van der Waals surface area contributed by atoms with Gasteiger partial charge in [-0.05, 0) is 85.4 Å². The summed E-state index contributed by atoms with van der Waals surface area (Å²) in [6.07, 6.45) is 5.31. The third-order valence-electron chi connectivity index (χ3n) is 12.1. The molecule has 0 radical (unpaired) electrons. The van der Waals surface area contributed by atoms with Gasteiger partial charge in [0.05, 0.1) is 16.8 Å². The van der Waals surface area contributed by atoms with Gasteiger partial charge in [-0.1, -0.05) is 39.8 Å². The van der Waals surface area contributed by atoms with Gasteiger partial charge in [0.1, 0.15) is 11.9 Å². The van der Waals surface area contributed by atoms with Gasteiger partial charge < -0.3 is 15.2 Å². The molecule has 6 rings (SSSR count). The monoisotopic (exact) mass is 751 g/mol. The summed E-state index contributed by atoms with van der Waals surface area (Å²) in [4.78, 5) is 45.1. The zero-order valence-corrected chi connectivity index (χ0v) is 31.7. The topological polar surface area (TPSA) is 152 Å². The van der Waals surface area contributed by atoms with Crippen molar-refractivity contribution in [1.82, 2.24) is 4.98 Å². The highest BCUT2D eigenvalue weighted by molar-refractivity contribution is 8.00. The van der Waals surface area contributed by atoms with Crippen LogP contribution in [0.2, 0.25) is 0 Å². The Labute approximate surface area is 307 Å². The first-order valence-corrected chi connectivity index (χ1v) is 20.6. The average Bonchev–Trinajstić information content (AvgIpc) is 3.75. The highest BCUT2D eigenvalue weighted by Gasteiger charge is 2.68. The Balaban J connectivity index is 1.13. The molecule has 1 heterocycles. The number of esters is 1. The van der Waals surface area contributed by atoms with Crippen molar-refractivity contribution in [3.05, 3.63) is 78.3 Å². The summed E-state index contributed by atoms with van der Waals surface area (Å²) in [5.74, 6) is -0.891. The van der Waals surface area contributed by atoms with Gasteiger partial charge >= 0.3 is 5.97 Å². The van der Waals surface area contributed by atoms with Gasteiger partial charge in [-0.2, -0.15) is 0 Å². The second-order valence-corrected chi connectivity index (χ2v) is 18.4. The zero-order chi connectivity index (χ0) is 36.8. The molecular weight excluding hydrogens is 707 g/mol. The molecule has 3 saturated carbocycles. The number of aromatic nitrogens is 1. The molecule has 51 heavy (non-hydrogen) atoms. The quantitative estimate of drug-likeness (QED) is 0.111. The molecule has 2 aromatic carbocycles. The lowest BCUT2D eigenvalue weighted by Gasteiger charge is -2.61. The number of nitrogens with zero attached hydrogens (tertiary/aromatic N) is 1. The maximum absolute atomic E-state index is 13.7. The van der Waals surface area contributed by atoms with Crippen molar-refractivity contribution in [3.63, 3.8) is 0 Å². The number of hydrogen-bond donors (Lipinski definition) is 3. The summed E-state index contributed by atoms with van der Waals surface area (Å²) in [6, 6.07) is 12.7. The van der Waals surface area contributed by atoms with E-state index in [0.29, 0.717) is 29.0 Å². The fourth-order valence-corrected chi connectivity index (χ4v) is 11.5. The third kappa shape index (κ3) is 6.90. The number of thioether (sulfide) groups is 1. The molecule has 3 aliphatic carbocycles. The van der Waals surface area contributed by atoms with E-state index in [9.17, 15) is 27.9 Å². The standard InChI is InChI=1S/C38H45N3O7S3/c1-6-36(4)21-30(37(5)23(2)14-16-38(24(3)33(36)44)17-15-29(42)32(37)38)48-31(43)22-50-27-9-7-8-25(20-27)34(45)40-26-10-12-28(13-11-26)51(46,47)41-35-39-18-19-49-35/h6-13,18-20,23-24,30,32-33,44H,1,14-17,21-22H2,2-5H3,(H,39,41)(H,40,45)/t23-,24+,30-,32+,33+,36-,37+,38+/m1/s1. The van der Waals surface area contributed by atoms with Crippen molar-refractivity contribution < 1.29 is 32.6 Å². The third-order valence-corrected chi connectivity index (χ3v) is 15.2. The van der Waals surface area contributed by atoms with Crippen LogP contribution in [-0.2, 0) is 24.3 Å². The Morgan fingerprint density at radius 2 is 1.90 bits per heavy atom. The summed E-state index contributed by atoms with van der Waals surface area (Å²) in [5, 5.41) is 16.5. The molecule has 3 N–H and O–H groups in total. The molecule has 3 aromatic rings. The van der Waals surface area contributed by atoms with Crippen molar-refractivity contribution in [3.8, 4) is 0 Å². The number of carbonyl (C=O) groups excluding carboxylic acids is 3. The number of thiazole rings is 1. The number of ketones is 1. The number of aliphatic hydroxyl groups is 1. The van der Waals surface area contributed by atoms with Gasteiger partial charge in [-0.25, -0.2) is 13.4 Å². The van der Waals surface area contributed by atoms with E-state index in [0.717, 1.165) is 19.3 Å². The van der Waals surface area contributed by atoms with Crippen molar-refractivity contribution in [2.45, 2.75) is 81.8 Å². The van der Waals surface area contributed by atoms with Crippen molar-refractivity contribution >= 4 is 61.6 Å². The largest absolute Gasteiger partial charge is 0.461 e. The Morgan fingerprint density at radius 1 is 1.16 bits per heavy atom. The summed E-state index contributed by atoms with van der Waals surface area (Å²) < 4.78 is 34.1.